The van der Waals surface area contributed by atoms with Crippen LogP contribution in [-0.4, -0.2) is 29.0 Å². The largest absolute Gasteiger partial charge is 0.378 e. The molecule has 0 spiro atoms. The molecule has 0 unspecified atom stereocenters. The van der Waals surface area contributed by atoms with Gasteiger partial charge in [-0.3, -0.25) is 10.1 Å². The average molecular weight is 251 g/mol. The van der Waals surface area contributed by atoms with Crippen LogP contribution in [0, 0.1) is 10.1 Å². The van der Waals surface area contributed by atoms with Gasteiger partial charge in [-0.1, -0.05) is 0 Å². The molecule has 0 radical (unpaired) electrons. The third-order valence-corrected chi connectivity index (χ3v) is 3.06. The molecule has 1 saturated heterocycles. The minimum absolute atomic E-state index is 0.0519. The highest BCUT2D eigenvalue weighted by molar-refractivity contribution is 5.57. The van der Waals surface area contributed by atoms with E-state index in [1.54, 1.807) is 6.07 Å². The maximum absolute atomic E-state index is 10.6. The van der Waals surface area contributed by atoms with Crippen LogP contribution in [-0.2, 0) is 0 Å². The quantitative estimate of drug-likeness (QED) is 0.535. The number of nitrogens with one attached hydrogen (secondary N) is 2. The van der Waals surface area contributed by atoms with Crippen molar-refractivity contribution in [2.24, 2.45) is 0 Å². The molecule has 1 fully saturated rings. The van der Waals surface area contributed by atoms with Crippen LogP contribution >= 0.6 is 0 Å². The maximum atomic E-state index is 10.6. The molecular weight excluding hydrogens is 234 g/mol. The number of aromatic nitrogens is 1. The van der Waals surface area contributed by atoms with E-state index in [4.69, 9.17) is 5.73 Å². The smallest absolute Gasteiger partial charge is 0.311 e. The Morgan fingerprint density at radius 3 is 3.06 bits per heavy atom. The fraction of sp³-hybridized carbons (Fsp3) is 0.545. The predicted octanol–water partition coefficient (Wildman–Crippen LogP) is 1.13. The highest BCUT2D eigenvalue weighted by Crippen LogP contribution is 2.20. The van der Waals surface area contributed by atoms with Crippen LogP contribution in [0.25, 0.3) is 0 Å². The minimum Gasteiger partial charge on any atom is -0.378 e. The molecule has 1 atom stereocenters. The molecule has 0 aromatic carbocycles. The van der Waals surface area contributed by atoms with Gasteiger partial charge >= 0.3 is 5.69 Å². The van der Waals surface area contributed by atoms with E-state index in [-0.39, 0.29) is 11.5 Å². The highest BCUT2D eigenvalue weighted by atomic mass is 16.6. The van der Waals surface area contributed by atoms with Crippen molar-refractivity contribution in [2.45, 2.75) is 25.3 Å². The molecular formula is C11H17N5O2. The van der Waals surface area contributed by atoms with Gasteiger partial charge < -0.3 is 16.4 Å². The lowest BCUT2D eigenvalue weighted by Gasteiger charge is -2.11. The fourth-order valence-corrected chi connectivity index (χ4v) is 2.10. The van der Waals surface area contributed by atoms with E-state index >= 15 is 0 Å². The van der Waals surface area contributed by atoms with E-state index in [1.165, 1.54) is 18.9 Å². The number of rotatable bonds is 5. The van der Waals surface area contributed by atoms with Gasteiger partial charge in [-0.2, -0.15) is 0 Å². The van der Waals surface area contributed by atoms with E-state index < -0.39 is 4.92 Å². The second-order valence-electron chi connectivity index (χ2n) is 4.37. The number of nitrogens with two attached hydrogens (primary N) is 1. The number of anilines is 2. The minimum atomic E-state index is -0.533. The summed E-state index contributed by atoms with van der Waals surface area (Å²) in [6.45, 7) is 1.87. The van der Waals surface area contributed by atoms with Crippen LogP contribution in [0.15, 0.2) is 12.1 Å². The van der Waals surface area contributed by atoms with Gasteiger partial charge in [-0.15, -0.1) is 0 Å². The van der Waals surface area contributed by atoms with Gasteiger partial charge in [0.05, 0.1) is 4.92 Å². The summed E-state index contributed by atoms with van der Waals surface area (Å²) in [6.07, 6.45) is 3.45. The van der Waals surface area contributed by atoms with Crippen molar-refractivity contribution in [1.29, 1.82) is 0 Å². The Hall–Kier alpha value is -1.89. The van der Waals surface area contributed by atoms with Crippen molar-refractivity contribution in [3.8, 4) is 0 Å². The maximum Gasteiger partial charge on any atom is 0.311 e. The molecule has 0 bridgehead atoms. The highest BCUT2D eigenvalue weighted by Gasteiger charge is 2.14. The zero-order chi connectivity index (χ0) is 13.0. The topological polar surface area (TPSA) is 106 Å². The van der Waals surface area contributed by atoms with E-state index in [2.05, 4.69) is 15.6 Å². The number of nitrogens with zero attached hydrogens (tertiary/aromatic N) is 2. The van der Waals surface area contributed by atoms with Crippen molar-refractivity contribution in [3.05, 3.63) is 22.2 Å². The summed E-state index contributed by atoms with van der Waals surface area (Å²) in [5.41, 5.74) is 5.36. The molecule has 0 saturated carbocycles. The van der Waals surface area contributed by atoms with Gasteiger partial charge in [0, 0.05) is 18.7 Å². The van der Waals surface area contributed by atoms with Gasteiger partial charge in [-0.05, 0) is 31.9 Å². The summed E-state index contributed by atoms with van der Waals surface area (Å²) in [4.78, 5) is 14.0. The normalized spacial score (nSPS) is 18.8. The first-order chi connectivity index (χ1) is 8.66. The van der Waals surface area contributed by atoms with Crippen molar-refractivity contribution in [2.75, 3.05) is 24.1 Å². The van der Waals surface area contributed by atoms with Gasteiger partial charge in [-0.25, -0.2) is 4.98 Å². The molecule has 98 valence electrons. The lowest BCUT2D eigenvalue weighted by Crippen LogP contribution is -2.24. The fourth-order valence-electron chi connectivity index (χ4n) is 2.10. The second kappa shape index (κ2) is 5.63. The van der Waals surface area contributed by atoms with E-state index in [0.29, 0.717) is 11.9 Å². The molecule has 0 aliphatic carbocycles. The Morgan fingerprint density at radius 2 is 2.44 bits per heavy atom. The number of pyridine rings is 1. The first-order valence-corrected chi connectivity index (χ1v) is 6.05. The standard InChI is InChI=1S/C11H17N5O2/c12-11-9(16(17)18)3-4-10(15-11)14-7-5-8-2-1-6-13-8/h3-4,8,13H,1-2,5-7H2,(H3,12,14,15)/t8-/m1/s1. The number of hydrogen-bond donors (Lipinski definition) is 3. The summed E-state index contributed by atoms with van der Waals surface area (Å²) >= 11 is 0. The molecule has 2 rings (SSSR count). The Balaban J connectivity index is 1.85. The van der Waals surface area contributed by atoms with Crippen LogP contribution < -0.4 is 16.4 Å². The lowest BCUT2D eigenvalue weighted by atomic mass is 10.1. The number of nitrogen functional groups attached to an aromatic ring is 1. The molecule has 0 amide bonds. The van der Waals surface area contributed by atoms with Crippen LogP contribution in [0.1, 0.15) is 19.3 Å². The molecule has 7 nitrogen and oxygen atoms in total. The third-order valence-electron chi connectivity index (χ3n) is 3.06. The average Bonchev–Trinajstić information content (AvgIpc) is 2.81. The number of nitro groups is 1. The van der Waals surface area contributed by atoms with Crippen LogP contribution in [0.5, 0.6) is 0 Å². The molecule has 1 aliphatic rings. The molecule has 4 N–H and O–H groups in total. The van der Waals surface area contributed by atoms with Crippen molar-refractivity contribution >= 4 is 17.3 Å². The first-order valence-electron chi connectivity index (χ1n) is 6.05. The molecule has 1 aliphatic heterocycles. The van der Waals surface area contributed by atoms with Crippen molar-refractivity contribution < 1.29 is 4.92 Å². The Morgan fingerprint density at radius 1 is 1.61 bits per heavy atom. The van der Waals surface area contributed by atoms with Crippen LogP contribution in [0.3, 0.4) is 0 Å². The van der Waals surface area contributed by atoms with Crippen LogP contribution in [0.4, 0.5) is 17.3 Å². The van der Waals surface area contributed by atoms with E-state index in [9.17, 15) is 10.1 Å². The first kappa shape index (κ1) is 12.6. The Bertz CT molecular complexity index is 431. The monoisotopic (exact) mass is 251 g/mol. The Kier molecular flexibility index (Phi) is 3.93. The SMILES string of the molecule is Nc1nc(NCC[C@H]2CCCN2)ccc1[N+](=O)[O-]. The summed E-state index contributed by atoms with van der Waals surface area (Å²) in [6, 6.07) is 3.52. The summed E-state index contributed by atoms with van der Waals surface area (Å²) in [5, 5.41) is 17.1. The van der Waals surface area contributed by atoms with Crippen molar-refractivity contribution in [3.63, 3.8) is 0 Å². The van der Waals surface area contributed by atoms with Gasteiger partial charge in [0.2, 0.25) is 5.82 Å². The second-order valence-corrected chi connectivity index (χ2v) is 4.37. The molecule has 1 aromatic rings. The third kappa shape index (κ3) is 3.07. The van der Waals surface area contributed by atoms with Gasteiger partial charge in [0.1, 0.15) is 5.82 Å². The van der Waals surface area contributed by atoms with E-state index in [1.807, 2.05) is 0 Å². The lowest BCUT2D eigenvalue weighted by molar-refractivity contribution is -0.384. The molecule has 1 aromatic heterocycles. The van der Waals surface area contributed by atoms with Crippen LogP contribution in [0.2, 0.25) is 0 Å². The zero-order valence-electron chi connectivity index (χ0n) is 10.1. The Labute approximate surface area is 105 Å². The summed E-state index contributed by atoms with van der Waals surface area (Å²) in [7, 11) is 0. The predicted molar refractivity (Wildman–Crippen MR) is 69.4 cm³/mol. The van der Waals surface area contributed by atoms with Crippen molar-refractivity contribution in [1.82, 2.24) is 10.3 Å². The summed E-state index contributed by atoms with van der Waals surface area (Å²) in [5.74, 6) is 0.528. The molecule has 2 heterocycles. The zero-order valence-corrected chi connectivity index (χ0v) is 10.1. The van der Waals surface area contributed by atoms with Gasteiger partial charge in [0.15, 0.2) is 0 Å². The summed E-state index contributed by atoms with van der Waals surface area (Å²) < 4.78 is 0. The number of hydrogen-bond acceptors (Lipinski definition) is 6. The van der Waals surface area contributed by atoms with Gasteiger partial charge in [0.25, 0.3) is 0 Å². The van der Waals surface area contributed by atoms with E-state index in [0.717, 1.165) is 19.5 Å². The molecule has 18 heavy (non-hydrogen) atoms. The molecule has 7 heteroatoms.